The molecule has 2 rings (SSSR count). The summed E-state index contributed by atoms with van der Waals surface area (Å²) in [4.78, 5) is 13.0. The van der Waals surface area contributed by atoms with Crippen molar-refractivity contribution in [2.24, 2.45) is 0 Å². The van der Waals surface area contributed by atoms with Crippen LogP contribution in [0.25, 0.3) is 0 Å². The van der Waals surface area contributed by atoms with Crippen molar-refractivity contribution >= 4 is 23.4 Å². The van der Waals surface area contributed by atoms with Crippen LogP contribution in [0.1, 0.15) is 18.4 Å². The van der Waals surface area contributed by atoms with Gasteiger partial charge >= 0.3 is 5.97 Å². The SMILES string of the molecule is Cc1ccc(N(CCC(=O)O)C2CCSC2)cc1. The normalized spacial score (nSPS) is 18.8. The van der Waals surface area contributed by atoms with Crippen LogP contribution < -0.4 is 4.90 Å². The first kappa shape index (κ1) is 13.3. The first-order valence-corrected chi connectivity index (χ1v) is 7.45. The zero-order valence-electron chi connectivity index (χ0n) is 10.6. The molecule has 0 bridgehead atoms. The second kappa shape index (κ2) is 6.14. The van der Waals surface area contributed by atoms with E-state index >= 15 is 0 Å². The van der Waals surface area contributed by atoms with Crippen LogP contribution in [-0.2, 0) is 4.79 Å². The number of rotatable bonds is 5. The largest absolute Gasteiger partial charge is 0.481 e. The number of aryl methyl sites for hydroxylation is 1. The highest BCUT2D eigenvalue weighted by molar-refractivity contribution is 7.99. The lowest BCUT2D eigenvalue weighted by Gasteiger charge is -2.30. The standard InChI is InChI=1S/C14H19NO2S/c1-11-2-4-12(5-3-11)15(8-6-14(16)17)13-7-9-18-10-13/h2-5,13H,6-10H2,1H3,(H,16,17). The van der Waals surface area contributed by atoms with E-state index in [4.69, 9.17) is 5.11 Å². The Morgan fingerprint density at radius 2 is 2.17 bits per heavy atom. The molecule has 1 aromatic carbocycles. The lowest BCUT2D eigenvalue weighted by molar-refractivity contribution is -0.136. The van der Waals surface area contributed by atoms with Crippen molar-refractivity contribution in [1.82, 2.24) is 0 Å². The molecule has 1 atom stereocenters. The molecule has 1 fully saturated rings. The Hall–Kier alpha value is -1.16. The number of carbonyl (C=O) groups is 1. The average molecular weight is 265 g/mol. The molecule has 0 amide bonds. The minimum absolute atomic E-state index is 0.203. The Morgan fingerprint density at radius 3 is 2.72 bits per heavy atom. The van der Waals surface area contributed by atoms with E-state index in [-0.39, 0.29) is 6.42 Å². The summed E-state index contributed by atoms with van der Waals surface area (Å²) in [5.41, 5.74) is 2.38. The fourth-order valence-corrected chi connectivity index (χ4v) is 3.47. The molecule has 0 saturated carbocycles. The molecule has 1 heterocycles. The molecule has 1 aromatic rings. The van der Waals surface area contributed by atoms with Crippen LogP contribution >= 0.6 is 11.8 Å². The number of hydrogen-bond donors (Lipinski definition) is 1. The van der Waals surface area contributed by atoms with Crippen LogP contribution in [0, 0.1) is 6.92 Å². The maximum absolute atomic E-state index is 10.8. The van der Waals surface area contributed by atoms with E-state index in [1.807, 2.05) is 11.8 Å². The second-order valence-corrected chi connectivity index (χ2v) is 5.84. The third-order valence-electron chi connectivity index (χ3n) is 3.28. The number of anilines is 1. The second-order valence-electron chi connectivity index (χ2n) is 4.69. The quantitative estimate of drug-likeness (QED) is 0.888. The molecule has 18 heavy (non-hydrogen) atoms. The third-order valence-corrected chi connectivity index (χ3v) is 4.42. The summed E-state index contributed by atoms with van der Waals surface area (Å²) in [7, 11) is 0. The maximum atomic E-state index is 10.8. The lowest BCUT2D eigenvalue weighted by atomic mass is 10.1. The molecule has 0 aliphatic carbocycles. The van der Waals surface area contributed by atoms with Crippen LogP contribution in [0.15, 0.2) is 24.3 Å². The Kier molecular flexibility index (Phi) is 4.53. The van der Waals surface area contributed by atoms with E-state index in [9.17, 15) is 4.79 Å². The summed E-state index contributed by atoms with van der Waals surface area (Å²) >= 11 is 1.95. The Labute approximate surface area is 112 Å². The predicted molar refractivity (Wildman–Crippen MR) is 76.5 cm³/mol. The molecular formula is C14H19NO2S. The van der Waals surface area contributed by atoms with Gasteiger partial charge in [-0.15, -0.1) is 0 Å². The molecule has 0 spiro atoms. The molecule has 1 N–H and O–H groups in total. The summed E-state index contributed by atoms with van der Waals surface area (Å²) < 4.78 is 0. The first-order valence-electron chi connectivity index (χ1n) is 6.29. The van der Waals surface area contributed by atoms with Crippen molar-refractivity contribution in [3.05, 3.63) is 29.8 Å². The fraction of sp³-hybridized carbons (Fsp3) is 0.500. The molecule has 1 aliphatic rings. The van der Waals surface area contributed by atoms with Crippen LogP contribution in [0.4, 0.5) is 5.69 Å². The Bertz CT molecular complexity index is 399. The smallest absolute Gasteiger partial charge is 0.305 e. The monoisotopic (exact) mass is 265 g/mol. The van der Waals surface area contributed by atoms with Gasteiger partial charge in [0, 0.05) is 24.0 Å². The third kappa shape index (κ3) is 3.42. The zero-order valence-corrected chi connectivity index (χ0v) is 11.4. The number of carboxylic acid groups (broad SMARTS) is 1. The van der Waals surface area contributed by atoms with Gasteiger partial charge in [-0.25, -0.2) is 0 Å². The van der Waals surface area contributed by atoms with Gasteiger partial charge in [0.15, 0.2) is 0 Å². The number of thioether (sulfide) groups is 1. The highest BCUT2D eigenvalue weighted by atomic mass is 32.2. The van der Waals surface area contributed by atoms with E-state index in [0.717, 1.165) is 17.9 Å². The van der Waals surface area contributed by atoms with Crippen molar-refractivity contribution in [2.75, 3.05) is 23.0 Å². The molecule has 1 aliphatic heterocycles. The van der Waals surface area contributed by atoms with Crippen molar-refractivity contribution in [3.8, 4) is 0 Å². The van der Waals surface area contributed by atoms with Crippen molar-refractivity contribution in [3.63, 3.8) is 0 Å². The maximum Gasteiger partial charge on any atom is 0.305 e. The van der Waals surface area contributed by atoms with Crippen LogP contribution in [0.5, 0.6) is 0 Å². The first-order chi connectivity index (χ1) is 8.66. The van der Waals surface area contributed by atoms with Crippen molar-refractivity contribution in [1.29, 1.82) is 0 Å². The fourth-order valence-electron chi connectivity index (χ4n) is 2.24. The molecule has 0 aromatic heterocycles. The summed E-state index contributed by atoms with van der Waals surface area (Å²) in [5, 5.41) is 8.86. The number of nitrogens with zero attached hydrogens (tertiary/aromatic N) is 1. The molecule has 4 heteroatoms. The van der Waals surface area contributed by atoms with Gasteiger partial charge in [0.05, 0.1) is 6.42 Å². The Morgan fingerprint density at radius 1 is 1.44 bits per heavy atom. The molecule has 0 radical (unpaired) electrons. The average Bonchev–Trinajstić information content (AvgIpc) is 2.85. The van der Waals surface area contributed by atoms with Gasteiger partial charge in [-0.3, -0.25) is 4.79 Å². The lowest BCUT2D eigenvalue weighted by Crippen LogP contribution is -2.37. The number of carboxylic acids is 1. The summed E-state index contributed by atoms with van der Waals surface area (Å²) in [6.45, 7) is 2.67. The molecule has 3 nitrogen and oxygen atoms in total. The van der Waals surface area contributed by atoms with Gasteiger partial charge in [-0.2, -0.15) is 11.8 Å². The van der Waals surface area contributed by atoms with Gasteiger partial charge < -0.3 is 10.0 Å². The van der Waals surface area contributed by atoms with Crippen LogP contribution in [0.3, 0.4) is 0 Å². The van der Waals surface area contributed by atoms with Crippen molar-refractivity contribution < 1.29 is 9.90 Å². The van der Waals surface area contributed by atoms with E-state index in [1.54, 1.807) is 0 Å². The number of benzene rings is 1. The summed E-state index contributed by atoms with van der Waals surface area (Å²) in [6, 6.07) is 8.86. The topological polar surface area (TPSA) is 40.5 Å². The number of aliphatic carboxylic acids is 1. The van der Waals surface area contributed by atoms with E-state index in [1.165, 1.54) is 11.3 Å². The number of hydrogen-bond acceptors (Lipinski definition) is 3. The van der Waals surface area contributed by atoms with Gasteiger partial charge in [0.25, 0.3) is 0 Å². The molecule has 1 saturated heterocycles. The zero-order chi connectivity index (χ0) is 13.0. The van der Waals surface area contributed by atoms with E-state index < -0.39 is 5.97 Å². The van der Waals surface area contributed by atoms with Crippen LogP contribution in [0.2, 0.25) is 0 Å². The van der Waals surface area contributed by atoms with Gasteiger partial charge in [0.1, 0.15) is 0 Å². The summed E-state index contributed by atoms with van der Waals surface area (Å²) in [5.74, 6) is 1.56. The van der Waals surface area contributed by atoms with Gasteiger partial charge in [0.2, 0.25) is 0 Å². The summed E-state index contributed by atoms with van der Waals surface area (Å²) in [6.07, 6.45) is 1.35. The van der Waals surface area contributed by atoms with Gasteiger partial charge in [-0.1, -0.05) is 17.7 Å². The minimum atomic E-state index is -0.724. The Balaban J connectivity index is 2.12. The highest BCUT2D eigenvalue weighted by Crippen LogP contribution is 2.27. The molecule has 98 valence electrons. The van der Waals surface area contributed by atoms with E-state index in [0.29, 0.717) is 12.6 Å². The molecular weight excluding hydrogens is 246 g/mol. The van der Waals surface area contributed by atoms with Crippen LogP contribution in [-0.4, -0.2) is 35.2 Å². The highest BCUT2D eigenvalue weighted by Gasteiger charge is 2.23. The van der Waals surface area contributed by atoms with Gasteiger partial charge in [-0.05, 0) is 31.2 Å². The molecule has 1 unspecified atom stereocenters. The predicted octanol–water partition coefficient (Wildman–Crippen LogP) is 2.78. The minimum Gasteiger partial charge on any atom is -0.481 e. The van der Waals surface area contributed by atoms with E-state index in [2.05, 4.69) is 36.1 Å². The van der Waals surface area contributed by atoms with Crippen molar-refractivity contribution in [2.45, 2.75) is 25.8 Å².